The van der Waals surface area contributed by atoms with Crippen molar-refractivity contribution in [1.82, 2.24) is 10.6 Å². The molecule has 1 saturated heterocycles. The Balaban J connectivity index is 0.000000697. The van der Waals surface area contributed by atoms with Crippen molar-refractivity contribution >= 4 is 18.0 Å². The third-order valence-corrected chi connectivity index (χ3v) is 3.02. The number of carboxylic acid groups (broad SMARTS) is 1. The molecule has 11 heteroatoms. The zero-order valence-corrected chi connectivity index (χ0v) is 14.5. The highest BCUT2D eigenvalue weighted by Gasteiger charge is 2.43. The molecule has 1 fully saturated rings. The summed E-state index contributed by atoms with van der Waals surface area (Å²) in [6.07, 6.45) is -4.67. The number of nitrogens with one attached hydrogen (secondary N) is 2. The second-order valence-corrected chi connectivity index (χ2v) is 6.25. The Morgan fingerprint density at radius 2 is 1.56 bits per heavy atom. The minimum Gasteiger partial charge on any atom is -0.475 e. The smallest absolute Gasteiger partial charge is 0.475 e. The molecule has 3 N–H and O–H groups in total. The van der Waals surface area contributed by atoms with Crippen molar-refractivity contribution in [2.75, 3.05) is 20.2 Å². The molecule has 8 nitrogen and oxygen atoms in total. The molecule has 0 saturated carbocycles. The van der Waals surface area contributed by atoms with Crippen LogP contribution in [-0.2, 0) is 19.1 Å². The molecule has 1 amide bonds. The number of aliphatic carboxylic acids is 1. The third-order valence-electron chi connectivity index (χ3n) is 3.02. The van der Waals surface area contributed by atoms with Crippen LogP contribution in [0.5, 0.6) is 0 Å². The van der Waals surface area contributed by atoms with E-state index in [0.29, 0.717) is 25.9 Å². The van der Waals surface area contributed by atoms with Crippen LogP contribution < -0.4 is 10.6 Å². The van der Waals surface area contributed by atoms with E-state index in [4.69, 9.17) is 19.4 Å². The van der Waals surface area contributed by atoms with Gasteiger partial charge in [-0.2, -0.15) is 13.2 Å². The van der Waals surface area contributed by atoms with Gasteiger partial charge in [-0.15, -0.1) is 0 Å². The minimum absolute atomic E-state index is 0.421. The van der Waals surface area contributed by atoms with Gasteiger partial charge in [0.1, 0.15) is 11.1 Å². The third kappa shape index (κ3) is 8.57. The number of alkyl halides is 3. The average Bonchev–Trinajstić information content (AvgIpc) is 2.44. The summed E-state index contributed by atoms with van der Waals surface area (Å²) in [6, 6.07) is 0. The first-order valence-electron chi connectivity index (χ1n) is 7.34. The first-order chi connectivity index (χ1) is 11.2. The molecule has 0 spiro atoms. The second kappa shape index (κ2) is 8.88. The van der Waals surface area contributed by atoms with Crippen LogP contribution in [0.2, 0.25) is 0 Å². The van der Waals surface area contributed by atoms with Gasteiger partial charge in [-0.05, 0) is 46.7 Å². The van der Waals surface area contributed by atoms with Crippen LogP contribution in [-0.4, -0.2) is 60.7 Å². The molecule has 0 aromatic rings. The Bertz CT molecular complexity index is 482. The lowest BCUT2D eigenvalue weighted by molar-refractivity contribution is -0.192. The molecule has 1 aliphatic heterocycles. The molecule has 0 aromatic carbocycles. The van der Waals surface area contributed by atoms with Crippen LogP contribution in [0.1, 0.15) is 33.6 Å². The Morgan fingerprint density at radius 1 is 1.12 bits per heavy atom. The van der Waals surface area contributed by atoms with Crippen molar-refractivity contribution in [3.05, 3.63) is 0 Å². The van der Waals surface area contributed by atoms with Gasteiger partial charge in [-0.25, -0.2) is 14.4 Å². The number of carbonyl (C=O) groups excluding carboxylic acids is 2. The summed E-state index contributed by atoms with van der Waals surface area (Å²) in [5.41, 5.74) is -1.56. The lowest BCUT2D eigenvalue weighted by atomic mass is 9.88. The van der Waals surface area contributed by atoms with Gasteiger partial charge in [-0.1, -0.05) is 0 Å². The quantitative estimate of drug-likeness (QED) is 0.629. The molecular formula is C14H23F3N2O6. The number of halogens is 3. The van der Waals surface area contributed by atoms with Gasteiger partial charge in [0.25, 0.3) is 0 Å². The van der Waals surface area contributed by atoms with Crippen LogP contribution in [0.25, 0.3) is 0 Å². The van der Waals surface area contributed by atoms with Crippen LogP contribution >= 0.6 is 0 Å². The van der Waals surface area contributed by atoms with Gasteiger partial charge in [0.05, 0.1) is 7.11 Å². The van der Waals surface area contributed by atoms with E-state index in [1.165, 1.54) is 7.11 Å². The fourth-order valence-corrected chi connectivity index (χ4v) is 1.93. The number of carboxylic acids is 1. The number of hydrogen-bond donors (Lipinski definition) is 3. The molecule has 0 bridgehead atoms. The maximum absolute atomic E-state index is 11.9. The number of carbonyl (C=O) groups is 3. The Kier molecular flexibility index (Phi) is 8.16. The van der Waals surface area contributed by atoms with Gasteiger partial charge in [0.15, 0.2) is 0 Å². The van der Waals surface area contributed by atoms with E-state index < -0.39 is 35.3 Å². The summed E-state index contributed by atoms with van der Waals surface area (Å²) in [4.78, 5) is 32.6. The van der Waals surface area contributed by atoms with Crippen molar-refractivity contribution in [2.45, 2.75) is 50.9 Å². The van der Waals surface area contributed by atoms with E-state index in [9.17, 15) is 22.8 Å². The number of esters is 1. The Hall–Kier alpha value is -2.04. The molecule has 1 heterocycles. The van der Waals surface area contributed by atoms with E-state index in [2.05, 4.69) is 10.6 Å². The summed E-state index contributed by atoms with van der Waals surface area (Å²) in [7, 11) is 1.32. The average molecular weight is 372 g/mol. The SMILES string of the molecule is COC(=O)C1(NC(=O)OC(C)(C)C)CCNCC1.O=C(O)C(F)(F)F. The van der Waals surface area contributed by atoms with Gasteiger partial charge >= 0.3 is 24.2 Å². The van der Waals surface area contributed by atoms with Crippen molar-refractivity contribution in [3.63, 3.8) is 0 Å². The summed E-state index contributed by atoms with van der Waals surface area (Å²) >= 11 is 0. The maximum atomic E-state index is 11.9. The first kappa shape index (κ1) is 23.0. The van der Waals surface area contributed by atoms with Crippen molar-refractivity contribution in [2.24, 2.45) is 0 Å². The highest BCUT2D eigenvalue weighted by atomic mass is 19.4. The molecule has 1 aliphatic rings. The zero-order chi connectivity index (χ0) is 19.9. The summed E-state index contributed by atoms with van der Waals surface area (Å²) in [5, 5.41) is 12.9. The molecule has 1 rings (SSSR count). The van der Waals surface area contributed by atoms with Gasteiger partial charge in [-0.3, -0.25) is 0 Å². The largest absolute Gasteiger partial charge is 0.490 e. The van der Waals surface area contributed by atoms with Crippen molar-refractivity contribution in [3.8, 4) is 0 Å². The number of alkyl carbamates (subject to hydrolysis) is 1. The van der Waals surface area contributed by atoms with E-state index >= 15 is 0 Å². The number of methoxy groups -OCH3 is 1. The normalized spacial score (nSPS) is 16.8. The summed E-state index contributed by atoms with van der Waals surface area (Å²) in [5.74, 6) is -3.18. The van der Waals surface area contributed by atoms with Crippen LogP contribution in [0.4, 0.5) is 18.0 Å². The molecular weight excluding hydrogens is 349 g/mol. The fourth-order valence-electron chi connectivity index (χ4n) is 1.93. The number of ether oxygens (including phenoxy) is 2. The molecule has 0 aromatic heterocycles. The predicted molar refractivity (Wildman–Crippen MR) is 79.9 cm³/mol. The second-order valence-electron chi connectivity index (χ2n) is 6.25. The predicted octanol–water partition coefficient (Wildman–Crippen LogP) is 1.44. The number of piperidine rings is 1. The lowest BCUT2D eigenvalue weighted by Gasteiger charge is -2.35. The highest BCUT2D eigenvalue weighted by Crippen LogP contribution is 2.21. The molecule has 146 valence electrons. The maximum Gasteiger partial charge on any atom is 0.490 e. The lowest BCUT2D eigenvalue weighted by Crippen LogP contribution is -2.60. The molecule has 0 aliphatic carbocycles. The zero-order valence-electron chi connectivity index (χ0n) is 14.5. The number of rotatable bonds is 2. The van der Waals surface area contributed by atoms with E-state index in [1.54, 1.807) is 20.8 Å². The monoisotopic (exact) mass is 372 g/mol. The van der Waals surface area contributed by atoms with Gasteiger partial charge in [0, 0.05) is 0 Å². The van der Waals surface area contributed by atoms with Gasteiger partial charge < -0.3 is 25.2 Å². The highest BCUT2D eigenvalue weighted by molar-refractivity contribution is 5.86. The number of amides is 1. The fraction of sp³-hybridized carbons (Fsp3) is 0.786. The number of hydrogen-bond acceptors (Lipinski definition) is 6. The molecule has 25 heavy (non-hydrogen) atoms. The summed E-state index contributed by atoms with van der Waals surface area (Å²) in [6.45, 7) is 6.65. The van der Waals surface area contributed by atoms with Crippen molar-refractivity contribution in [1.29, 1.82) is 0 Å². The standard InChI is InChI=1S/C12H22N2O4.C2HF3O2/c1-11(2,3)18-10(16)14-12(9(15)17-4)5-7-13-8-6-12;3-2(4,5)1(6)7/h13H,5-8H2,1-4H3,(H,14,16);(H,6,7). The molecule has 0 radical (unpaired) electrons. The van der Waals surface area contributed by atoms with Gasteiger partial charge in [0.2, 0.25) is 0 Å². The Labute approximate surface area is 143 Å². The van der Waals surface area contributed by atoms with Crippen LogP contribution in [0, 0.1) is 0 Å². The molecule has 0 atom stereocenters. The first-order valence-corrected chi connectivity index (χ1v) is 7.34. The van der Waals surface area contributed by atoms with E-state index in [0.717, 1.165) is 0 Å². The van der Waals surface area contributed by atoms with E-state index in [1.807, 2.05) is 0 Å². The van der Waals surface area contributed by atoms with Crippen LogP contribution in [0.15, 0.2) is 0 Å². The van der Waals surface area contributed by atoms with Crippen LogP contribution in [0.3, 0.4) is 0 Å². The minimum atomic E-state index is -5.08. The van der Waals surface area contributed by atoms with Crippen molar-refractivity contribution < 1.29 is 42.1 Å². The molecule has 0 unspecified atom stereocenters. The summed E-state index contributed by atoms with van der Waals surface area (Å²) < 4.78 is 41.7. The Morgan fingerprint density at radius 3 is 1.88 bits per heavy atom. The van der Waals surface area contributed by atoms with E-state index in [-0.39, 0.29) is 0 Å². The topological polar surface area (TPSA) is 114 Å².